The number of anilines is 1. The molecule has 1 aromatic rings. The summed E-state index contributed by atoms with van der Waals surface area (Å²) in [4.78, 5) is 14.6. The molecule has 2 heterocycles. The zero-order valence-electron chi connectivity index (χ0n) is 12.5. The highest BCUT2D eigenvalue weighted by molar-refractivity contribution is 5.94. The van der Waals surface area contributed by atoms with Gasteiger partial charge >= 0.3 is 0 Å². The number of morpholine rings is 1. The van der Waals surface area contributed by atoms with Crippen molar-refractivity contribution >= 4 is 11.6 Å². The molecule has 3 N–H and O–H groups in total. The van der Waals surface area contributed by atoms with Crippen molar-refractivity contribution in [2.45, 2.75) is 31.9 Å². The Labute approximate surface area is 125 Å². The highest BCUT2D eigenvalue weighted by atomic mass is 16.5. The Balaban J connectivity index is 1.52. The Morgan fingerprint density at radius 1 is 1.52 bits per heavy atom. The lowest BCUT2D eigenvalue weighted by atomic mass is 10.1. The molecule has 0 aliphatic carbocycles. The number of nitrogens with zero attached hydrogens (tertiary/aromatic N) is 1. The molecule has 0 bridgehead atoms. The zero-order valence-corrected chi connectivity index (χ0v) is 12.5. The summed E-state index contributed by atoms with van der Waals surface area (Å²) in [5.41, 5.74) is 8.06. The number of carbonyl (C=O) groups excluding carboxylic acids is 1. The van der Waals surface area contributed by atoms with Crippen molar-refractivity contribution < 1.29 is 9.53 Å². The highest BCUT2D eigenvalue weighted by Gasteiger charge is 2.32. The summed E-state index contributed by atoms with van der Waals surface area (Å²) in [6, 6.07) is 5.95. The van der Waals surface area contributed by atoms with E-state index in [1.807, 2.05) is 13.0 Å². The Morgan fingerprint density at radius 2 is 2.38 bits per heavy atom. The summed E-state index contributed by atoms with van der Waals surface area (Å²) < 4.78 is 5.84. The van der Waals surface area contributed by atoms with Crippen molar-refractivity contribution in [3.05, 3.63) is 29.3 Å². The van der Waals surface area contributed by atoms with Gasteiger partial charge in [0.1, 0.15) is 0 Å². The van der Waals surface area contributed by atoms with Gasteiger partial charge in [-0.3, -0.25) is 9.69 Å². The van der Waals surface area contributed by atoms with Crippen molar-refractivity contribution in [2.24, 2.45) is 0 Å². The Kier molecular flexibility index (Phi) is 4.12. The van der Waals surface area contributed by atoms with Gasteiger partial charge in [0.25, 0.3) is 5.91 Å². The van der Waals surface area contributed by atoms with E-state index in [0.29, 0.717) is 23.8 Å². The van der Waals surface area contributed by atoms with Gasteiger partial charge < -0.3 is 15.8 Å². The number of benzene rings is 1. The van der Waals surface area contributed by atoms with E-state index in [1.165, 1.54) is 12.8 Å². The molecule has 1 amide bonds. The van der Waals surface area contributed by atoms with Crippen molar-refractivity contribution in [3.63, 3.8) is 0 Å². The summed E-state index contributed by atoms with van der Waals surface area (Å²) >= 11 is 0. The fourth-order valence-electron chi connectivity index (χ4n) is 3.13. The van der Waals surface area contributed by atoms with Crippen LogP contribution in [0.1, 0.15) is 28.8 Å². The van der Waals surface area contributed by atoms with Crippen LogP contribution in [-0.2, 0) is 4.74 Å². The van der Waals surface area contributed by atoms with E-state index in [-0.39, 0.29) is 12.0 Å². The van der Waals surface area contributed by atoms with Crippen molar-refractivity contribution in [1.29, 1.82) is 0 Å². The number of hydrogen-bond acceptors (Lipinski definition) is 4. The number of ether oxygens (including phenoxy) is 1. The van der Waals surface area contributed by atoms with Gasteiger partial charge in [0.2, 0.25) is 0 Å². The van der Waals surface area contributed by atoms with Crippen LogP contribution in [0, 0.1) is 6.92 Å². The standard InChI is InChI=1S/C16H23N3O2/c1-11-7-12(4-5-15(11)17)16(20)18-8-14-9-19-6-2-3-13(19)10-21-14/h4-5,7,13-14H,2-3,6,8-10,17H2,1H3,(H,18,20). The second kappa shape index (κ2) is 6.03. The number of carbonyl (C=O) groups is 1. The van der Waals surface area contributed by atoms with Crippen LogP contribution in [0.2, 0.25) is 0 Å². The van der Waals surface area contributed by atoms with Crippen molar-refractivity contribution in [1.82, 2.24) is 10.2 Å². The first kappa shape index (κ1) is 14.4. The van der Waals surface area contributed by atoms with Crippen LogP contribution in [0.15, 0.2) is 18.2 Å². The molecule has 5 heteroatoms. The minimum atomic E-state index is -0.0646. The predicted octanol–water partition coefficient (Wildman–Crippen LogP) is 1.17. The average Bonchev–Trinajstić information content (AvgIpc) is 2.95. The second-order valence-corrected chi connectivity index (χ2v) is 6.03. The van der Waals surface area contributed by atoms with Gasteiger partial charge in [0.15, 0.2) is 0 Å². The highest BCUT2D eigenvalue weighted by Crippen LogP contribution is 2.22. The van der Waals surface area contributed by atoms with Gasteiger partial charge in [0, 0.05) is 30.4 Å². The SMILES string of the molecule is Cc1cc(C(=O)NCC2CN3CCCC3CO2)ccc1N. The van der Waals surface area contributed by atoms with Gasteiger partial charge in [-0.15, -0.1) is 0 Å². The van der Waals surface area contributed by atoms with E-state index in [1.54, 1.807) is 12.1 Å². The number of nitrogen functional groups attached to an aromatic ring is 1. The molecule has 0 aromatic heterocycles. The number of rotatable bonds is 3. The molecular weight excluding hydrogens is 266 g/mol. The van der Waals surface area contributed by atoms with E-state index >= 15 is 0 Å². The van der Waals surface area contributed by atoms with E-state index < -0.39 is 0 Å². The zero-order chi connectivity index (χ0) is 14.8. The maximum absolute atomic E-state index is 12.2. The van der Waals surface area contributed by atoms with Crippen molar-refractivity contribution in [2.75, 3.05) is 32.0 Å². The predicted molar refractivity (Wildman–Crippen MR) is 82.3 cm³/mol. The first-order chi connectivity index (χ1) is 10.1. The van der Waals surface area contributed by atoms with Crippen LogP contribution in [0.4, 0.5) is 5.69 Å². The molecule has 0 radical (unpaired) electrons. The number of hydrogen-bond donors (Lipinski definition) is 2. The number of amides is 1. The van der Waals surface area contributed by atoms with Gasteiger partial charge in [0.05, 0.1) is 12.7 Å². The molecule has 2 atom stereocenters. The Morgan fingerprint density at radius 3 is 3.19 bits per heavy atom. The van der Waals surface area contributed by atoms with Gasteiger partial charge in [-0.05, 0) is 50.1 Å². The molecular formula is C16H23N3O2. The van der Waals surface area contributed by atoms with Crippen LogP contribution in [-0.4, -0.2) is 49.2 Å². The number of fused-ring (bicyclic) bond motifs is 1. The molecule has 2 saturated heterocycles. The monoisotopic (exact) mass is 289 g/mol. The summed E-state index contributed by atoms with van der Waals surface area (Å²) in [7, 11) is 0. The van der Waals surface area contributed by atoms with E-state index in [9.17, 15) is 4.79 Å². The molecule has 0 saturated carbocycles. The minimum absolute atomic E-state index is 0.0646. The quantitative estimate of drug-likeness (QED) is 0.820. The molecule has 21 heavy (non-hydrogen) atoms. The lowest BCUT2D eigenvalue weighted by Crippen LogP contribution is -2.50. The lowest BCUT2D eigenvalue weighted by molar-refractivity contribution is -0.0461. The summed E-state index contributed by atoms with van der Waals surface area (Å²) in [6.07, 6.45) is 2.60. The molecule has 2 fully saturated rings. The molecule has 5 nitrogen and oxygen atoms in total. The molecule has 0 spiro atoms. The van der Waals surface area contributed by atoms with Crippen molar-refractivity contribution in [3.8, 4) is 0 Å². The molecule has 114 valence electrons. The number of nitrogens with one attached hydrogen (secondary N) is 1. The number of nitrogens with two attached hydrogens (primary N) is 1. The third-order valence-corrected chi connectivity index (χ3v) is 4.48. The smallest absolute Gasteiger partial charge is 0.251 e. The third-order valence-electron chi connectivity index (χ3n) is 4.48. The lowest BCUT2D eigenvalue weighted by Gasteiger charge is -2.35. The molecule has 2 aliphatic heterocycles. The Bertz CT molecular complexity index is 532. The summed E-state index contributed by atoms with van der Waals surface area (Å²) in [5.74, 6) is -0.0646. The van der Waals surface area contributed by atoms with Crippen LogP contribution in [0.5, 0.6) is 0 Å². The van der Waals surface area contributed by atoms with Crippen LogP contribution in [0.25, 0.3) is 0 Å². The molecule has 2 aliphatic rings. The number of aryl methyl sites for hydroxylation is 1. The van der Waals surface area contributed by atoms with Gasteiger partial charge in [-0.25, -0.2) is 0 Å². The average molecular weight is 289 g/mol. The minimum Gasteiger partial charge on any atom is -0.399 e. The van der Waals surface area contributed by atoms with Crippen LogP contribution in [0.3, 0.4) is 0 Å². The first-order valence-corrected chi connectivity index (χ1v) is 7.63. The first-order valence-electron chi connectivity index (χ1n) is 7.63. The molecule has 2 unspecified atom stereocenters. The maximum Gasteiger partial charge on any atom is 0.251 e. The van der Waals surface area contributed by atoms with E-state index in [4.69, 9.17) is 10.5 Å². The molecule has 3 rings (SSSR count). The summed E-state index contributed by atoms with van der Waals surface area (Å²) in [5, 5.41) is 2.96. The Hall–Kier alpha value is -1.59. The van der Waals surface area contributed by atoms with E-state index in [0.717, 1.165) is 25.3 Å². The van der Waals surface area contributed by atoms with Gasteiger partial charge in [-0.1, -0.05) is 0 Å². The van der Waals surface area contributed by atoms with Crippen LogP contribution < -0.4 is 11.1 Å². The van der Waals surface area contributed by atoms with Crippen LogP contribution >= 0.6 is 0 Å². The van der Waals surface area contributed by atoms with Gasteiger partial charge in [-0.2, -0.15) is 0 Å². The second-order valence-electron chi connectivity index (χ2n) is 6.03. The normalized spacial score (nSPS) is 25.6. The van der Waals surface area contributed by atoms with E-state index in [2.05, 4.69) is 10.2 Å². The molecule has 1 aromatic carbocycles. The fourth-order valence-corrected chi connectivity index (χ4v) is 3.13. The third kappa shape index (κ3) is 3.19. The maximum atomic E-state index is 12.2. The fraction of sp³-hybridized carbons (Fsp3) is 0.562. The summed E-state index contributed by atoms with van der Waals surface area (Å²) in [6.45, 7) is 5.35. The largest absolute Gasteiger partial charge is 0.399 e. The topological polar surface area (TPSA) is 67.6 Å².